The standard InChI is InChI=1S/C17H21N3O4/c1-12(21)11-24-15-5-2-13(3-6-15)14-4-7-16(20-10-14)18-8-9-19-17(22)23/h2-7,10,12,19,21H,8-9,11H2,1H3,(H,18,20)(H,22,23)/t12-/m1/s1. The fraction of sp³-hybridized carbons (Fsp3) is 0.294. The number of rotatable bonds is 8. The molecule has 24 heavy (non-hydrogen) atoms. The van der Waals surface area contributed by atoms with Gasteiger partial charge in [-0.3, -0.25) is 0 Å². The van der Waals surface area contributed by atoms with Gasteiger partial charge in [-0.2, -0.15) is 0 Å². The maximum Gasteiger partial charge on any atom is 0.404 e. The van der Waals surface area contributed by atoms with Gasteiger partial charge in [0.1, 0.15) is 18.2 Å². The molecular weight excluding hydrogens is 310 g/mol. The summed E-state index contributed by atoms with van der Waals surface area (Å²) in [5, 5.41) is 23.0. The van der Waals surface area contributed by atoms with Crippen molar-refractivity contribution >= 4 is 11.9 Å². The van der Waals surface area contributed by atoms with Crippen molar-refractivity contribution in [3.05, 3.63) is 42.6 Å². The van der Waals surface area contributed by atoms with E-state index in [1.54, 1.807) is 13.1 Å². The van der Waals surface area contributed by atoms with Crippen LogP contribution in [0.15, 0.2) is 42.6 Å². The molecule has 0 fully saturated rings. The van der Waals surface area contributed by atoms with Crippen molar-refractivity contribution in [1.29, 1.82) is 0 Å². The van der Waals surface area contributed by atoms with Gasteiger partial charge in [-0.15, -0.1) is 0 Å². The summed E-state index contributed by atoms with van der Waals surface area (Å²) in [6.07, 6.45) is 0.208. The molecule has 2 rings (SSSR count). The molecule has 0 aliphatic rings. The van der Waals surface area contributed by atoms with Gasteiger partial charge in [0.2, 0.25) is 0 Å². The van der Waals surface area contributed by atoms with Crippen LogP contribution >= 0.6 is 0 Å². The van der Waals surface area contributed by atoms with Crippen LogP contribution in [-0.2, 0) is 0 Å². The summed E-state index contributed by atoms with van der Waals surface area (Å²) in [6.45, 7) is 2.71. The molecule has 1 aromatic heterocycles. The van der Waals surface area contributed by atoms with E-state index in [2.05, 4.69) is 15.6 Å². The van der Waals surface area contributed by atoms with E-state index in [0.29, 0.717) is 24.7 Å². The molecule has 2 aromatic rings. The van der Waals surface area contributed by atoms with Crippen molar-refractivity contribution in [2.24, 2.45) is 0 Å². The third-order valence-corrected chi connectivity index (χ3v) is 3.15. The molecule has 128 valence electrons. The third kappa shape index (κ3) is 5.77. The lowest BCUT2D eigenvalue weighted by molar-refractivity contribution is 0.123. The van der Waals surface area contributed by atoms with E-state index in [-0.39, 0.29) is 6.61 Å². The maximum atomic E-state index is 10.3. The molecule has 0 aliphatic carbocycles. The summed E-state index contributed by atoms with van der Waals surface area (Å²) in [5.41, 5.74) is 1.97. The maximum absolute atomic E-state index is 10.3. The summed E-state index contributed by atoms with van der Waals surface area (Å²) < 4.78 is 5.43. The molecule has 1 aromatic carbocycles. The first-order valence-electron chi connectivity index (χ1n) is 7.62. The zero-order valence-electron chi connectivity index (χ0n) is 13.4. The highest BCUT2D eigenvalue weighted by atomic mass is 16.5. The number of carboxylic acid groups (broad SMARTS) is 1. The van der Waals surface area contributed by atoms with Gasteiger partial charge in [0.25, 0.3) is 0 Å². The minimum atomic E-state index is -1.04. The number of amides is 1. The monoisotopic (exact) mass is 331 g/mol. The van der Waals surface area contributed by atoms with E-state index in [4.69, 9.17) is 9.84 Å². The normalized spacial score (nSPS) is 11.6. The van der Waals surface area contributed by atoms with Crippen LogP contribution in [0.25, 0.3) is 11.1 Å². The fourth-order valence-corrected chi connectivity index (χ4v) is 1.99. The Hall–Kier alpha value is -2.80. The van der Waals surface area contributed by atoms with Gasteiger partial charge < -0.3 is 25.6 Å². The zero-order valence-corrected chi connectivity index (χ0v) is 13.4. The van der Waals surface area contributed by atoms with Crippen LogP contribution in [0.5, 0.6) is 5.75 Å². The molecule has 7 nitrogen and oxygen atoms in total. The molecule has 0 saturated heterocycles. The van der Waals surface area contributed by atoms with E-state index < -0.39 is 12.2 Å². The van der Waals surface area contributed by atoms with E-state index in [1.807, 2.05) is 36.4 Å². The van der Waals surface area contributed by atoms with E-state index in [0.717, 1.165) is 11.1 Å². The number of benzene rings is 1. The van der Waals surface area contributed by atoms with E-state index in [9.17, 15) is 9.90 Å². The molecule has 0 bridgehead atoms. The van der Waals surface area contributed by atoms with Crippen molar-refractivity contribution < 1.29 is 19.7 Å². The average Bonchev–Trinajstić information content (AvgIpc) is 2.58. The van der Waals surface area contributed by atoms with E-state index in [1.165, 1.54) is 0 Å². The van der Waals surface area contributed by atoms with Crippen LogP contribution in [0.2, 0.25) is 0 Å². The Morgan fingerprint density at radius 1 is 1.17 bits per heavy atom. The predicted molar refractivity (Wildman–Crippen MR) is 91.4 cm³/mol. The lowest BCUT2D eigenvalue weighted by Crippen LogP contribution is -2.27. The summed E-state index contributed by atoms with van der Waals surface area (Å²) >= 11 is 0. The first kappa shape index (κ1) is 17.6. The lowest BCUT2D eigenvalue weighted by Gasteiger charge is -2.09. The van der Waals surface area contributed by atoms with Gasteiger partial charge in [0, 0.05) is 24.8 Å². The van der Waals surface area contributed by atoms with Gasteiger partial charge in [-0.25, -0.2) is 9.78 Å². The number of hydrogen-bond acceptors (Lipinski definition) is 5. The van der Waals surface area contributed by atoms with E-state index >= 15 is 0 Å². The molecular formula is C17H21N3O4. The number of aromatic nitrogens is 1. The number of nitrogens with zero attached hydrogens (tertiary/aromatic N) is 1. The Morgan fingerprint density at radius 2 is 1.88 bits per heavy atom. The quantitative estimate of drug-likeness (QED) is 0.553. The van der Waals surface area contributed by atoms with Gasteiger partial charge in [-0.05, 0) is 36.8 Å². The third-order valence-electron chi connectivity index (χ3n) is 3.15. The largest absolute Gasteiger partial charge is 0.491 e. The summed E-state index contributed by atoms with van der Waals surface area (Å²) in [6, 6.07) is 11.3. The molecule has 1 atom stereocenters. The molecule has 0 radical (unpaired) electrons. The minimum absolute atomic E-state index is 0.262. The summed E-state index contributed by atoms with van der Waals surface area (Å²) in [5.74, 6) is 1.39. The smallest absolute Gasteiger partial charge is 0.404 e. The number of ether oxygens (including phenoxy) is 1. The van der Waals surface area contributed by atoms with Crippen molar-refractivity contribution in [3.63, 3.8) is 0 Å². The average molecular weight is 331 g/mol. The molecule has 7 heteroatoms. The molecule has 0 saturated carbocycles. The number of pyridine rings is 1. The summed E-state index contributed by atoms with van der Waals surface area (Å²) in [4.78, 5) is 14.6. The minimum Gasteiger partial charge on any atom is -0.491 e. The van der Waals surface area contributed by atoms with Crippen LogP contribution in [-0.4, -0.2) is 47.1 Å². The Bertz CT molecular complexity index is 642. The predicted octanol–water partition coefficient (Wildman–Crippen LogP) is 2.19. The second-order valence-corrected chi connectivity index (χ2v) is 5.28. The molecule has 1 amide bonds. The second kappa shape index (κ2) is 8.73. The van der Waals surface area contributed by atoms with Crippen LogP contribution in [0.4, 0.5) is 10.6 Å². The van der Waals surface area contributed by atoms with Crippen molar-refractivity contribution in [2.45, 2.75) is 13.0 Å². The SMILES string of the molecule is C[C@@H](O)COc1ccc(-c2ccc(NCCNC(=O)O)nc2)cc1. The highest BCUT2D eigenvalue weighted by Gasteiger charge is 2.02. The van der Waals surface area contributed by atoms with Crippen LogP contribution in [0, 0.1) is 0 Å². The van der Waals surface area contributed by atoms with Crippen LogP contribution < -0.4 is 15.4 Å². The topological polar surface area (TPSA) is 104 Å². The Morgan fingerprint density at radius 3 is 2.46 bits per heavy atom. The highest BCUT2D eigenvalue weighted by Crippen LogP contribution is 2.22. The molecule has 0 spiro atoms. The van der Waals surface area contributed by atoms with Gasteiger partial charge in [0.15, 0.2) is 0 Å². The van der Waals surface area contributed by atoms with Crippen molar-refractivity contribution in [1.82, 2.24) is 10.3 Å². The lowest BCUT2D eigenvalue weighted by atomic mass is 10.1. The first-order valence-corrected chi connectivity index (χ1v) is 7.62. The zero-order chi connectivity index (χ0) is 17.4. The van der Waals surface area contributed by atoms with Gasteiger partial charge in [-0.1, -0.05) is 12.1 Å². The number of hydrogen-bond donors (Lipinski definition) is 4. The van der Waals surface area contributed by atoms with Crippen molar-refractivity contribution in [2.75, 3.05) is 25.0 Å². The molecule has 0 aliphatic heterocycles. The second-order valence-electron chi connectivity index (χ2n) is 5.28. The van der Waals surface area contributed by atoms with Crippen LogP contribution in [0.1, 0.15) is 6.92 Å². The first-order chi connectivity index (χ1) is 11.5. The summed E-state index contributed by atoms with van der Waals surface area (Å²) in [7, 11) is 0. The number of nitrogens with one attached hydrogen (secondary N) is 2. The number of anilines is 1. The van der Waals surface area contributed by atoms with Gasteiger partial charge >= 0.3 is 6.09 Å². The van der Waals surface area contributed by atoms with Gasteiger partial charge in [0.05, 0.1) is 6.10 Å². The van der Waals surface area contributed by atoms with Crippen molar-refractivity contribution in [3.8, 4) is 16.9 Å². The number of aliphatic hydroxyl groups is 1. The molecule has 1 heterocycles. The van der Waals surface area contributed by atoms with Crippen LogP contribution in [0.3, 0.4) is 0 Å². The Kier molecular flexibility index (Phi) is 6.39. The Labute approximate surface area is 140 Å². The number of aliphatic hydroxyl groups excluding tert-OH is 1. The molecule has 4 N–H and O–H groups in total. The highest BCUT2D eigenvalue weighted by molar-refractivity contribution is 5.65. The fourth-order valence-electron chi connectivity index (χ4n) is 1.99. The molecule has 0 unspecified atom stereocenters. The Balaban J connectivity index is 1.89. The number of carbonyl (C=O) groups is 1.